The summed E-state index contributed by atoms with van der Waals surface area (Å²) >= 11 is 1.91. The molecule has 3 rings (SSSR count). The van der Waals surface area contributed by atoms with Gasteiger partial charge in [0.1, 0.15) is 0 Å². The molecule has 22 heavy (non-hydrogen) atoms. The summed E-state index contributed by atoms with van der Waals surface area (Å²) in [6.07, 6.45) is 6.47. The third kappa shape index (κ3) is 3.03. The highest BCUT2D eigenvalue weighted by Crippen LogP contribution is 2.38. The molecule has 1 atom stereocenters. The average molecular weight is 311 g/mol. The van der Waals surface area contributed by atoms with Crippen molar-refractivity contribution in [1.29, 1.82) is 0 Å². The Labute approximate surface area is 135 Å². The first-order valence-electron chi connectivity index (χ1n) is 7.57. The van der Waals surface area contributed by atoms with Crippen LogP contribution in [0.4, 0.5) is 0 Å². The molecule has 0 bridgehead atoms. The molecule has 0 N–H and O–H groups in total. The van der Waals surface area contributed by atoms with Crippen molar-refractivity contribution in [2.75, 3.05) is 20.6 Å². The SMILES string of the molecule is C[C@H](c1cnccn1)c1c(CCN(C)C)sc2ccccc12. The lowest BCUT2D eigenvalue weighted by molar-refractivity contribution is 0.414. The zero-order valence-corrected chi connectivity index (χ0v) is 14.1. The number of fused-ring (bicyclic) bond motifs is 1. The Kier molecular flexibility index (Phi) is 4.50. The molecule has 0 saturated heterocycles. The van der Waals surface area contributed by atoms with Crippen molar-refractivity contribution < 1.29 is 0 Å². The van der Waals surface area contributed by atoms with Gasteiger partial charge in [0.15, 0.2) is 0 Å². The molecule has 0 aliphatic carbocycles. The maximum atomic E-state index is 4.51. The molecule has 2 aromatic heterocycles. The number of aromatic nitrogens is 2. The summed E-state index contributed by atoms with van der Waals surface area (Å²) in [7, 11) is 4.25. The van der Waals surface area contributed by atoms with Crippen LogP contribution in [0.2, 0.25) is 0 Å². The number of hydrogen-bond acceptors (Lipinski definition) is 4. The standard InChI is InChI=1S/C18H21N3S/c1-13(15-12-19-9-10-20-15)18-14-6-4-5-7-16(14)22-17(18)8-11-21(2)3/h4-7,9-10,12-13H,8,11H2,1-3H3/t13-/m1/s1. The Balaban J connectivity index is 2.07. The number of nitrogens with zero attached hydrogens (tertiary/aromatic N) is 3. The van der Waals surface area contributed by atoms with Gasteiger partial charge < -0.3 is 4.90 Å². The van der Waals surface area contributed by atoms with Crippen molar-refractivity contribution in [1.82, 2.24) is 14.9 Å². The van der Waals surface area contributed by atoms with Crippen LogP contribution in [0.1, 0.15) is 29.0 Å². The van der Waals surface area contributed by atoms with Gasteiger partial charge in [-0.15, -0.1) is 11.3 Å². The summed E-state index contributed by atoms with van der Waals surface area (Å²) in [6.45, 7) is 3.30. The molecular formula is C18H21N3S. The smallest absolute Gasteiger partial charge is 0.0659 e. The van der Waals surface area contributed by atoms with Crippen molar-refractivity contribution in [3.05, 3.63) is 59.0 Å². The number of rotatable bonds is 5. The van der Waals surface area contributed by atoms with Crippen molar-refractivity contribution in [2.45, 2.75) is 19.3 Å². The number of likely N-dealkylation sites (N-methyl/N-ethyl adjacent to an activating group) is 1. The molecular weight excluding hydrogens is 290 g/mol. The lowest BCUT2D eigenvalue weighted by Crippen LogP contribution is -2.15. The third-order valence-electron chi connectivity index (χ3n) is 3.96. The average Bonchev–Trinajstić information content (AvgIpc) is 2.91. The molecule has 0 fully saturated rings. The molecule has 0 radical (unpaired) electrons. The fourth-order valence-electron chi connectivity index (χ4n) is 2.78. The van der Waals surface area contributed by atoms with Crippen LogP contribution in [0.5, 0.6) is 0 Å². The molecule has 0 aliphatic rings. The summed E-state index contributed by atoms with van der Waals surface area (Å²) in [4.78, 5) is 12.4. The van der Waals surface area contributed by atoms with Crippen molar-refractivity contribution >= 4 is 21.4 Å². The van der Waals surface area contributed by atoms with E-state index in [4.69, 9.17) is 0 Å². The van der Waals surface area contributed by atoms with Crippen LogP contribution in [-0.4, -0.2) is 35.5 Å². The predicted molar refractivity (Wildman–Crippen MR) is 93.6 cm³/mol. The van der Waals surface area contributed by atoms with Crippen LogP contribution in [0.3, 0.4) is 0 Å². The van der Waals surface area contributed by atoms with Crippen LogP contribution < -0.4 is 0 Å². The van der Waals surface area contributed by atoms with Gasteiger partial charge in [-0.3, -0.25) is 9.97 Å². The minimum absolute atomic E-state index is 0.266. The minimum atomic E-state index is 0.266. The third-order valence-corrected chi connectivity index (χ3v) is 5.20. The van der Waals surface area contributed by atoms with E-state index in [1.54, 1.807) is 12.4 Å². The Bertz CT molecular complexity index is 749. The first kappa shape index (κ1) is 15.1. The van der Waals surface area contributed by atoms with E-state index in [1.807, 2.05) is 17.5 Å². The fraction of sp³-hybridized carbons (Fsp3) is 0.333. The lowest BCUT2D eigenvalue weighted by atomic mass is 9.94. The van der Waals surface area contributed by atoms with Gasteiger partial charge in [0.25, 0.3) is 0 Å². The molecule has 114 valence electrons. The quantitative estimate of drug-likeness (QED) is 0.714. The molecule has 3 nitrogen and oxygen atoms in total. The van der Waals surface area contributed by atoms with E-state index in [0.29, 0.717) is 0 Å². The van der Waals surface area contributed by atoms with Gasteiger partial charge in [-0.2, -0.15) is 0 Å². The Morgan fingerprint density at radius 3 is 2.73 bits per heavy atom. The lowest BCUT2D eigenvalue weighted by Gasteiger charge is -2.14. The second-order valence-corrected chi connectivity index (χ2v) is 6.98. The van der Waals surface area contributed by atoms with E-state index in [-0.39, 0.29) is 5.92 Å². The Hall–Kier alpha value is -1.78. The summed E-state index contributed by atoms with van der Waals surface area (Å²) in [5.74, 6) is 0.266. The molecule has 0 amide bonds. The monoisotopic (exact) mass is 311 g/mol. The van der Waals surface area contributed by atoms with Crippen LogP contribution in [0, 0.1) is 0 Å². The van der Waals surface area contributed by atoms with E-state index < -0.39 is 0 Å². The van der Waals surface area contributed by atoms with Crippen molar-refractivity contribution in [3.8, 4) is 0 Å². The van der Waals surface area contributed by atoms with Gasteiger partial charge in [0.05, 0.1) is 5.69 Å². The Morgan fingerprint density at radius 2 is 2.00 bits per heavy atom. The molecule has 2 heterocycles. The van der Waals surface area contributed by atoms with Gasteiger partial charge in [-0.25, -0.2) is 0 Å². The zero-order chi connectivity index (χ0) is 15.5. The summed E-state index contributed by atoms with van der Waals surface area (Å²) in [6, 6.07) is 8.68. The van der Waals surface area contributed by atoms with Crippen LogP contribution in [0.25, 0.3) is 10.1 Å². The van der Waals surface area contributed by atoms with Crippen molar-refractivity contribution in [2.24, 2.45) is 0 Å². The van der Waals surface area contributed by atoms with Gasteiger partial charge in [-0.1, -0.05) is 25.1 Å². The van der Waals surface area contributed by atoms with Crippen LogP contribution in [0.15, 0.2) is 42.9 Å². The maximum Gasteiger partial charge on any atom is 0.0659 e. The first-order chi connectivity index (χ1) is 10.7. The Morgan fingerprint density at radius 1 is 1.18 bits per heavy atom. The highest BCUT2D eigenvalue weighted by molar-refractivity contribution is 7.19. The van der Waals surface area contributed by atoms with E-state index in [9.17, 15) is 0 Å². The van der Waals surface area contributed by atoms with Crippen LogP contribution >= 0.6 is 11.3 Å². The molecule has 0 unspecified atom stereocenters. The minimum Gasteiger partial charge on any atom is -0.309 e. The predicted octanol–water partition coefficient (Wildman–Crippen LogP) is 3.95. The number of hydrogen-bond donors (Lipinski definition) is 0. The van der Waals surface area contributed by atoms with Gasteiger partial charge in [-0.05, 0) is 37.5 Å². The topological polar surface area (TPSA) is 29.0 Å². The van der Waals surface area contributed by atoms with Gasteiger partial charge in [0, 0.05) is 40.6 Å². The second-order valence-electron chi connectivity index (χ2n) is 5.84. The largest absolute Gasteiger partial charge is 0.309 e. The normalized spacial score (nSPS) is 12.9. The first-order valence-corrected chi connectivity index (χ1v) is 8.39. The second kappa shape index (κ2) is 6.55. The molecule has 0 saturated carbocycles. The summed E-state index contributed by atoms with van der Waals surface area (Å²) in [5.41, 5.74) is 2.46. The maximum absolute atomic E-state index is 4.51. The van der Waals surface area contributed by atoms with Gasteiger partial charge >= 0.3 is 0 Å². The number of thiophene rings is 1. The summed E-state index contributed by atoms with van der Waals surface area (Å²) in [5, 5.41) is 1.36. The fourth-order valence-corrected chi connectivity index (χ4v) is 4.07. The molecule has 4 heteroatoms. The summed E-state index contributed by atoms with van der Waals surface area (Å²) < 4.78 is 1.36. The highest BCUT2D eigenvalue weighted by atomic mass is 32.1. The molecule has 0 aliphatic heterocycles. The molecule has 3 aromatic rings. The van der Waals surface area contributed by atoms with E-state index >= 15 is 0 Å². The van der Waals surface area contributed by atoms with Gasteiger partial charge in [0.2, 0.25) is 0 Å². The van der Waals surface area contributed by atoms with E-state index in [2.05, 4.69) is 60.2 Å². The molecule has 0 spiro atoms. The van der Waals surface area contributed by atoms with Crippen molar-refractivity contribution in [3.63, 3.8) is 0 Å². The zero-order valence-electron chi connectivity index (χ0n) is 13.3. The molecule has 1 aromatic carbocycles. The van der Waals surface area contributed by atoms with E-state index in [0.717, 1.165) is 18.7 Å². The van der Waals surface area contributed by atoms with Crippen LogP contribution in [-0.2, 0) is 6.42 Å². The highest BCUT2D eigenvalue weighted by Gasteiger charge is 2.20. The van der Waals surface area contributed by atoms with E-state index in [1.165, 1.54) is 20.5 Å². The number of benzene rings is 1.